The van der Waals surface area contributed by atoms with Crippen LogP contribution in [0.15, 0.2) is 0 Å². The number of nitrogens with two attached hydrogens (primary N) is 3. The number of carboxylic acid groups (broad SMARTS) is 2. The van der Waals surface area contributed by atoms with Crippen molar-refractivity contribution in [3.8, 4) is 0 Å². The van der Waals surface area contributed by atoms with Gasteiger partial charge in [0.25, 0.3) is 0 Å². The number of unbranched alkanes of at least 4 members (excludes halogenated alkanes) is 1. The third kappa shape index (κ3) is 19.3. The summed E-state index contributed by atoms with van der Waals surface area (Å²) in [5.41, 5.74) is 16.6. The lowest BCUT2D eigenvalue weighted by Crippen LogP contribution is -2.59. The molecular formula is C34H61N9O11. The molecule has 0 unspecified atom stereocenters. The zero-order chi connectivity index (χ0) is 41.7. The lowest BCUT2D eigenvalue weighted by Gasteiger charge is -2.27. The molecule has 0 radical (unpaired) electrons. The first-order chi connectivity index (χ1) is 25.1. The lowest BCUT2D eigenvalue weighted by molar-refractivity contribution is -0.142. The number of nitrogens with one attached hydrogen (secondary N) is 6. The minimum Gasteiger partial charge on any atom is -0.481 e. The van der Waals surface area contributed by atoms with E-state index in [-0.39, 0.29) is 37.5 Å². The van der Waals surface area contributed by atoms with Crippen molar-refractivity contribution in [2.45, 2.75) is 142 Å². The SMILES string of the molecule is CC[C@H](C)[C@H](N)C(=O)N[C@@H](C)C(=O)N[C@@H](C)C(=O)N[C@@H](CC(C)C)C(=O)N[C@@H](CCC(=O)O)C(=O)N[C@@H](CCC(N)=O)C(=O)N[C@@H](CCCCN)C(=O)O. The highest BCUT2D eigenvalue weighted by molar-refractivity contribution is 5.97. The van der Waals surface area contributed by atoms with Gasteiger partial charge in [0.05, 0.1) is 6.04 Å². The maximum atomic E-state index is 13.6. The highest BCUT2D eigenvalue weighted by atomic mass is 16.4. The third-order valence-electron chi connectivity index (χ3n) is 8.56. The average molecular weight is 772 g/mol. The second-order valence-electron chi connectivity index (χ2n) is 13.8. The Morgan fingerprint density at radius 1 is 0.574 bits per heavy atom. The summed E-state index contributed by atoms with van der Waals surface area (Å²) in [7, 11) is 0. The molecule has 0 aliphatic heterocycles. The van der Waals surface area contributed by atoms with Crippen LogP contribution in [-0.2, 0) is 43.2 Å². The highest BCUT2D eigenvalue weighted by Gasteiger charge is 2.33. The molecule has 0 aromatic rings. The molecule has 20 nitrogen and oxygen atoms in total. The fraction of sp³-hybridized carbons (Fsp3) is 0.735. The average Bonchev–Trinajstić information content (AvgIpc) is 3.09. The first kappa shape index (κ1) is 49.1. The van der Waals surface area contributed by atoms with E-state index in [0.717, 1.165) is 0 Å². The van der Waals surface area contributed by atoms with Crippen LogP contribution < -0.4 is 49.1 Å². The number of carbonyl (C=O) groups excluding carboxylic acids is 7. The number of carboxylic acids is 2. The summed E-state index contributed by atoms with van der Waals surface area (Å²) in [6, 6.07) is -8.77. The Bertz CT molecular complexity index is 1310. The quantitative estimate of drug-likeness (QED) is 0.0392. The second kappa shape index (κ2) is 25.2. The van der Waals surface area contributed by atoms with Gasteiger partial charge >= 0.3 is 11.9 Å². The molecule has 0 aromatic heterocycles. The van der Waals surface area contributed by atoms with Gasteiger partial charge in [-0.3, -0.25) is 38.4 Å². The molecule has 0 bridgehead atoms. The number of aliphatic carboxylic acids is 2. The van der Waals surface area contributed by atoms with Crippen molar-refractivity contribution in [1.29, 1.82) is 0 Å². The summed E-state index contributed by atoms with van der Waals surface area (Å²) in [5.74, 6) is -8.69. The fourth-order valence-corrected chi connectivity index (χ4v) is 4.95. The number of hydrogen-bond acceptors (Lipinski definition) is 11. The van der Waals surface area contributed by atoms with Crippen LogP contribution in [0.25, 0.3) is 0 Å². The molecule has 0 saturated carbocycles. The van der Waals surface area contributed by atoms with Crippen molar-refractivity contribution >= 4 is 53.3 Å². The summed E-state index contributed by atoms with van der Waals surface area (Å²) in [6.45, 7) is 10.2. The molecule has 14 N–H and O–H groups in total. The summed E-state index contributed by atoms with van der Waals surface area (Å²) >= 11 is 0. The predicted octanol–water partition coefficient (Wildman–Crippen LogP) is -2.30. The summed E-state index contributed by atoms with van der Waals surface area (Å²) < 4.78 is 0. The fourth-order valence-electron chi connectivity index (χ4n) is 4.95. The van der Waals surface area contributed by atoms with Crippen LogP contribution >= 0.6 is 0 Å². The molecule has 7 amide bonds. The van der Waals surface area contributed by atoms with Crippen LogP contribution in [0.3, 0.4) is 0 Å². The van der Waals surface area contributed by atoms with E-state index in [1.165, 1.54) is 13.8 Å². The van der Waals surface area contributed by atoms with Crippen molar-refractivity contribution in [3.05, 3.63) is 0 Å². The first-order valence-corrected chi connectivity index (χ1v) is 18.2. The Labute approximate surface area is 315 Å². The molecule has 0 aliphatic rings. The molecule has 0 aromatic carbocycles. The monoisotopic (exact) mass is 771 g/mol. The van der Waals surface area contributed by atoms with Crippen LogP contribution in [-0.4, -0.2) is 112 Å². The first-order valence-electron chi connectivity index (χ1n) is 18.2. The third-order valence-corrected chi connectivity index (χ3v) is 8.56. The minimum absolute atomic E-state index is 0.0278. The van der Waals surface area contributed by atoms with Crippen molar-refractivity contribution in [2.24, 2.45) is 29.0 Å². The van der Waals surface area contributed by atoms with E-state index < -0.39 is 108 Å². The van der Waals surface area contributed by atoms with Gasteiger partial charge < -0.3 is 59.3 Å². The molecule has 8 atom stereocenters. The topological polar surface area (TPSA) is 344 Å². The number of amides is 7. The second-order valence-corrected chi connectivity index (χ2v) is 13.8. The van der Waals surface area contributed by atoms with Gasteiger partial charge in [-0.1, -0.05) is 34.1 Å². The van der Waals surface area contributed by atoms with Crippen molar-refractivity contribution in [2.75, 3.05) is 6.54 Å². The summed E-state index contributed by atoms with van der Waals surface area (Å²) in [6.07, 6.45) is -0.191. The smallest absolute Gasteiger partial charge is 0.326 e. The van der Waals surface area contributed by atoms with Crippen LogP contribution in [0.1, 0.15) is 99.3 Å². The Hall–Kier alpha value is -4.85. The minimum atomic E-state index is -1.56. The molecule has 0 aliphatic carbocycles. The lowest BCUT2D eigenvalue weighted by atomic mass is 9.99. The number of hydrogen-bond donors (Lipinski definition) is 11. The van der Waals surface area contributed by atoms with E-state index in [9.17, 15) is 53.4 Å². The normalized spacial score (nSPS) is 15.5. The molecule has 54 heavy (non-hydrogen) atoms. The van der Waals surface area contributed by atoms with Gasteiger partial charge in [0.15, 0.2) is 0 Å². The summed E-state index contributed by atoms with van der Waals surface area (Å²) in [4.78, 5) is 113. The maximum Gasteiger partial charge on any atom is 0.326 e. The van der Waals surface area contributed by atoms with Gasteiger partial charge in [-0.25, -0.2) is 4.79 Å². The van der Waals surface area contributed by atoms with Gasteiger partial charge in [0, 0.05) is 12.8 Å². The molecule has 308 valence electrons. The van der Waals surface area contributed by atoms with Crippen molar-refractivity contribution < 1.29 is 53.4 Å². The Kier molecular flexibility index (Phi) is 23.0. The van der Waals surface area contributed by atoms with Crippen molar-refractivity contribution in [1.82, 2.24) is 31.9 Å². The highest BCUT2D eigenvalue weighted by Crippen LogP contribution is 2.10. The molecule has 0 heterocycles. The van der Waals surface area contributed by atoms with Gasteiger partial charge in [-0.2, -0.15) is 0 Å². The number of primary amides is 1. The van der Waals surface area contributed by atoms with Gasteiger partial charge in [-0.05, 0) is 70.8 Å². The van der Waals surface area contributed by atoms with Crippen LogP contribution in [0.4, 0.5) is 0 Å². The molecular weight excluding hydrogens is 710 g/mol. The van der Waals surface area contributed by atoms with Crippen LogP contribution in [0, 0.1) is 11.8 Å². The number of rotatable bonds is 27. The van der Waals surface area contributed by atoms with Crippen LogP contribution in [0.2, 0.25) is 0 Å². The summed E-state index contributed by atoms with van der Waals surface area (Å²) in [5, 5.41) is 33.5. The van der Waals surface area contributed by atoms with Crippen LogP contribution in [0.5, 0.6) is 0 Å². The van der Waals surface area contributed by atoms with Gasteiger partial charge in [-0.15, -0.1) is 0 Å². The molecule has 0 spiro atoms. The van der Waals surface area contributed by atoms with E-state index in [2.05, 4.69) is 31.9 Å². The molecule has 0 fully saturated rings. The largest absolute Gasteiger partial charge is 0.481 e. The molecule has 0 rings (SSSR count). The van der Waals surface area contributed by atoms with E-state index in [1.54, 1.807) is 20.8 Å². The van der Waals surface area contributed by atoms with Gasteiger partial charge in [0.1, 0.15) is 36.3 Å². The molecule has 0 saturated heterocycles. The predicted molar refractivity (Wildman–Crippen MR) is 196 cm³/mol. The number of carbonyl (C=O) groups is 9. The molecule has 20 heteroatoms. The standard InChI is InChI=1S/C34H61N9O11/c1-7-18(4)27(37)33(52)39-19(5)28(47)38-20(6)29(48)43-24(16-17(2)3)32(51)41-22(12-14-26(45)46)30(49)40-21(11-13-25(36)44)31(50)42-23(34(53)54)10-8-9-15-35/h17-24,27H,7-16,35,37H2,1-6H3,(H2,36,44)(H,38,47)(H,39,52)(H,40,49)(H,41,51)(H,42,50)(H,43,48)(H,45,46)(H,53,54)/t18-,19-,20-,21-,22-,23-,24-,27-/m0/s1. The Balaban J connectivity index is 6.00. The van der Waals surface area contributed by atoms with Gasteiger partial charge in [0.2, 0.25) is 41.4 Å². The van der Waals surface area contributed by atoms with Crippen molar-refractivity contribution in [3.63, 3.8) is 0 Å². The van der Waals surface area contributed by atoms with E-state index in [1.807, 2.05) is 6.92 Å². The van der Waals surface area contributed by atoms with E-state index >= 15 is 0 Å². The maximum absolute atomic E-state index is 13.6. The zero-order valence-electron chi connectivity index (χ0n) is 32.1. The van der Waals surface area contributed by atoms with E-state index in [0.29, 0.717) is 25.8 Å². The Morgan fingerprint density at radius 2 is 1.02 bits per heavy atom. The zero-order valence-corrected chi connectivity index (χ0v) is 32.1. The Morgan fingerprint density at radius 3 is 1.46 bits per heavy atom. The van der Waals surface area contributed by atoms with E-state index in [4.69, 9.17) is 17.2 Å².